The summed E-state index contributed by atoms with van der Waals surface area (Å²) < 4.78 is 57.1. The molecule has 3 heterocycles. The Bertz CT molecular complexity index is 1020. The second-order valence-corrected chi connectivity index (χ2v) is 7.74. The number of fused-ring (bicyclic) bond motifs is 1. The maximum absolute atomic E-state index is 13.2. The summed E-state index contributed by atoms with van der Waals surface area (Å²) in [6, 6.07) is 2.98. The van der Waals surface area contributed by atoms with Crippen molar-refractivity contribution in [3.05, 3.63) is 41.5 Å². The molecule has 24 heavy (non-hydrogen) atoms. The fourth-order valence-electron chi connectivity index (χ4n) is 1.88. The molecule has 0 spiro atoms. The molecule has 0 atom stereocenters. The minimum absolute atomic E-state index is 0.157. The van der Waals surface area contributed by atoms with Crippen molar-refractivity contribution in [1.82, 2.24) is 14.7 Å². The van der Waals surface area contributed by atoms with Crippen molar-refractivity contribution in [3.63, 3.8) is 0 Å². The minimum atomic E-state index is -4.35. The number of rotatable bonds is 4. The molecule has 0 aliphatic carbocycles. The van der Waals surface area contributed by atoms with Gasteiger partial charge in [0.15, 0.2) is 9.22 Å². The van der Waals surface area contributed by atoms with Crippen molar-refractivity contribution in [2.45, 2.75) is 17.1 Å². The predicted octanol–water partition coefficient (Wildman–Crippen LogP) is 2.51. The number of nitrogens with one attached hydrogen (secondary N) is 1. The lowest BCUT2D eigenvalue weighted by molar-refractivity contribution is 0.0172. The molecule has 0 radical (unpaired) electrons. The molecule has 0 fully saturated rings. The van der Waals surface area contributed by atoms with Crippen LogP contribution >= 0.6 is 11.3 Å². The monoisotopic (exact) mass is 373 g/mol. The van der Waals surface area contributed by atoms with Crippen molar-refractivity contribution in [2.75, 3.05) is 0 Å². The Morgan fingerprint density at radius 2 is 2.08 bits per heavy atom. The summed E-state index contributed by atoms with van der Waals surface area (Å²) in [5.74, 6) is -4.27. The number of sulfonamides is 1. The summed E-state index contributed by atoms with van der Waals surface area (Å²) >= 11 is 0.287. The number of furan rings is 1. The zero-order valence-electron chi connectivity index (χ0n) is 12.0. The molecule has 0 aliphatic heterocycles. The van der Waals surface area contributed by atoms with Gasteiger partial charge in [0.1, 0.15) is 11.3 Å². The molecule has 3 rings (SSSR count). The van der Waals surface area contributed by atoms with Gasteiger partial charge in [0.25, 0.3) is 21.9 Å². The van der Waals surface area contributed by atoms with E-state index in [0.29, 0.717) is 17.9 Å². The predicted molar refractivity (Wildman–Crippen MR) is 80.3 cm³/mol. The smallest absolute Gasteiger partial charge is 0.296 e. The van der Waals surface area contributed by atoms with Crippen molar-refractivity contribution < 1.29 is 26.4 Å². The highest BCUT2D eigenvalue weighted by Gasteiger charge is 2.31. The number of nitrogens with zero attached hydrogens (tertiary/aromatic N) is 2. The van der Waals surface area contributed by atoms with Crippen molar-refractivity contribution in [3.8, 4) is 0 Å². The lowest BCUT2D eigenvalue weighted by atomic mass is 10.2. The third kappa shape index (κ3) is 2.99. The Morgan fingerprint density at radius 1 is 1.33 bits per heavy atom. The first-order valence-electron chi connectivity index (χ1n) is 6.42. The number of thiazole rings is 1. The van der Waals surface area contributed by atoms with Gasteiger partial charge in [-0.15, -0.1) is 0 Å². The number of amides is 1. The minimum Gasteiger partial charge on any atom is -0.464 e. The van der Waals surface area contributed by atoms with Crippen LogP contribution in [-0.2, 0) is 15.9 Å². The van der Waals surface area contributed by atoms with Gasteiger partial charge in [-0.25, -0.2) is 18.1 Å². The van der Waals surface area contributed by atoms with E-state index in [-0.39, 0.29) is 17.0 Å². The lowest BCUT2D eigenvalue weighted by Crippen LogP contribution is -2.30. The summed E-state index contributed by atoms with van der Waals surface area (Å²) in [4.78, 5) is 19.4. The first-order valence-corrected chi connectivity index (χ1v) is 8.72. The van der Waals surface area contributed by atoms with Crippen LogP contribution in [0.4, 0.5) is 8.78 Å². The van der Waals surface area contributed by atoms with Crippen LogP contribution in [0.3, 0.4) is 0 Å². The summed E-state index contributed by atoms with van der Waals surface area (Å²) in [6.07, 6.45) is 3.39. The summed E-state index contributed by atoms with van der Waals surface area (Å²) in [5.41, 5.74) is 0.202. The lowest BCUT2D eigenvalue weighted by Gasteiger charge is -2.05. The fourth-order valence-corrected chi connectivity index (χ4v) is 3.90. The second-order valence-electron chi connectivity index (χ2n) is 4.80. The van der Waals surface area contributed by atoms with Gasteiger partial charge in [-0.2, -0.15) is 8.78 Å². The average molecular weight is 373 g/mol. The van der Waals surface area contributed by atoms with E-state index in [9.17, 15) is 22.0 Å². The fraction of sp³-hybridized carbons (Fsp3) is 0.154. The van der Waals surface area contributed by atoms with E-state index in [1.54, 1.807) is 4.72 Å². The Hall–Kier alpha value is -2.40. The zero-order valence-corrected chi connectivity index (χ0v) is 13.6. The van der Waals surface area contributed by atoms with Crippen LogP contribution in [0.1, 0.15) is 22.4 Å². The molecule has 0 saturated carbocycles. The quantitative estimate of drug-likeness (QED) is 0.754. The molecule has 0 aliphatic rings. The highest BCUT2D eigenvalue weighted by Crippen LogP contribution is 2.32. The van der Waals surface area contributed by atoms with Crippen molar-refractivity contribution in [2.24, 2.45) is 0 Å². The van der Waals surface area contributed by atoms with E-state index < -0.39 is 31.1 Å². The molecule has 7 nitrogen and oxygen atoms in total. The van der Waals surface area contributed by atoms with Crippen LogP contribution in [0.25, 0.3) is 11.0 Å². The molecule has 0 aromatic carbocycles. The van der Waals surface area contributed by atoms with E-state index in [0.717, 1.165) is 6.20 Å². The van der Waals surface area contributed by atoms with Crippen LogP contribution in [0.5, 0.6) is 0 Å². The van der Waals surface area contributed by atoms with Gasteiger partial charge in [-0.1, -0.05) is 11.3 Å². The Labute approximate surface area is 138 Å². The molecule has 3 aromatic rings. The maximum Gasteiger partial charge on any atom is 0.296 e. The average Bonchev–Trinajstić information content (AvgIpc) is 3.15. The molecule has 0 unspecified atom stereocenters. The Balaban J connectivity index is 1.91. The largest absolute Gasteiger partial charge is 0.464 e. The SMILES string of the molecule is CC(F)(F)c1ncc(S(=O)(=O)NC(=O)c2nccc3occc23)s1. The van der Waals surface area contributed by atoms with E-state index in [4.69, 9.17) is 4.42 Å². The van der Waals surface area contributed by atoms with Crippen molar-refractivity contribution in [1.29, 1.82) is 0 Å². The normalized spacial score (nSPS) is 12.5. The van der Waals surface area contributed by atoms with Gasteiger partial charge >= 0.3 is 0 Å². The number of hydrogen-bond acceptors (Lipinski definition) is 7. The molecular weight excluding hydrogens is 364 g/mol. The molecular formula is C13H9F2N3O4S2. The third-order valence-corrected chi connectivity index (χ3v) is 5.91. The molecule has 1 amide bonds. The van der Waals surface area contributed by atoms with Gasteiger partial charge in [0.05, 0.1) is 17.8 Å². The van der Waals surface area contributed by atoms with Gasteiger partial charge in [-0.3, -0.25) is 9.78 Å². The zero-order chi connectivity index (χ0) is 17.5. The Morgan fingerprint density at radius 3 is 2.75 bits per heavy atom. The standard InChI is InChI=1S/C13H9F2N3O4S2/c1-13(14,15)12-17-6-9(23-12)24(20,21)18-11(19)10-7-3-5-22-8(7)2-4-16-10/h2-6H,1H3,(H,18,19). The third-order valence-electron chi connectivity index (χ3n) is 2.95. The molecule has 0 bridgehead atoms. The van der Waals surface area contributed by atoms with Crippen LogP contribution in [-0.4, -0.2) is 24.3 Å². The second kappa shape index (κ2) is 5.60. The number of alkyl halides is 2. The molecule has 11 heteroatoms. The van der Waals surface area contributed by atoms with E-state index in [1.807, 2.05) is 0 Å². The van der Waals surface area contributed by atoms with Crippen molar-refractivity contribution >= 4 is 38.2 Å². The summed E-state index contributed by atoms with van der Waals surface area (Å²) in [5, 5.41) is -0.333. The van der Waals surface area contributed by atoms with Gasteiger partial charge in [0, 0.05) is 13.1 Å². The van der Waals surface area contributed by atoms with Crippen LogP contribution in [0.2, 0.25) is 0 Å². The van der Waals surface area contributed by atoms with E-state index in [1.165, 1.54) is 24.6 Å². The van der Waals surface area contributed by atoms with Gasteiger partial charge in [0.2, 0.25) is 0 Å². The summed E-state index contributed by atoms with van der Waals surface area (Å²) in [7, 11) is -4.35. The Kier molecular flexibility index (Phi) is 3.84. The number of carbonyl (C=O) groups excluding carboxylic acids is 1. The molecule has 1 N–H and O–H groups in total. The number of halogens is 2. The number of carbonyl (C=O) groups is 1. The topological polar surface area (TPSA) is 102 Å². The van der Waals surface area contributed by atoms with Crippen LogP contribution < -0.4 is 4.72 Å². The summed E-state index contributed by atoms with van der Waals surface area (Å²) in [6.45, 7) is 0.602. The maximum atomic E-state index is 13.2. The highest BCUT2D eigenvalue weighted by molar-refractivity contribution is 7.92. The molecule has 0 saturated heterocycles. The highest BCUT2D eigenvalue weighted by atomic mass is 32.2. The number of aromatic nitrogens is 2. The first-order chi connectivity index (χ1) is 11.2. The van der Waals surface area contributed by atoms with Crippen LogP contribution in [0.15, 0.2) is 39.4 Å². The van der Waals surface area contributed by atoms with E-state index in [2.05, 4.69) is 9.97 Å². The first kappa shape index (κ1) is 16.5. The van der Waals surface area contributed by atoms with Gasteiger partial charge in [-0.05, 0) is 12.1 Å². The van der Waals surface area contributed by atoms with Crippen LogP contribution in [0, 0.1) is 0 Å². The molecule has 3 aromatic heterocycles. The van der Waals surface area contributed by atoms with E-state index >= 15 is 0 Å². The molecule has 126 valence electrons. The number of pyridine rings is 1. The van der Waals surface area contributed by atoms with Gasteiger partial charge < -0.3 is 4.42 Å². The number of hydrogen-bond donors (Lipinski definition) is 1.